The Morgan fingerprint density at radius 3 is 0.775 bits per heavy atom. The molecule has 7 fully saturated rings. The lowest BCUT2D eigenvalue weighted by Crippen LogP contribution is -2.61. The normalized spacial score (nSPS) is 37.8. The van der Waals surface area contributed by atoms with Crippen molar-refractivity contribution in [3.05, 3.63) is 75.9 Å². The van der Waals surface area contributed by atoms with Gasteiger partial charge in [-0.1, -0.05) is 42.2 Å². The first-order chi connectivity index (χ1) is 57.6. The third kappa shape index (κ3) is 35.0. The maximum absolute atomic E-state index is 10.7. The van der Waals surface area contributed by atoms with Gasteiger partial charge in [0.2, 0.25) is 0 Å². The second kappa shape index (κ2) is 65.2. The molecule has 35 atom stereocenters. The van der Waals surface area contributed by atoms with Crippen molar-refractivity contribution < 1.29 is 204 Å². The molecule has 0 aromatic heterocycles. The molecule has 7 aliphatic rings. The lowest BCUT2D eigenvalue weighted by molar-refractivity contribution is -0.311. The number of hydrogen-bond acceptors (Lipinski definition) is 43. The molecule has 706 valence electrons. The molecule has 0 aliphatic carbocycles. The van der Waals surface area contributed by atoms with Crippen LogP contribution in [0.2, 0.25) is 0 Å². The second-order valence-corrected chi connectivity index (χ2v) is 28.0. The monoisotopic (exact) mass is 1770 g/mol. The fourth-order valence-electron chi connectivity index (χ4n) is 13.0. The van der Waals surface area contributed by atoms with E-state index in [9.17, 15) is 40.5 Å². The number of methoxy groups -OCH3 is 15. The average molecular weight is 1770 g/mol. The smallest absolute Gasteiger partial charge is 0.187 e. The standard InChI is InChI=1S/C14H23O6S.2C13H24O6.C12H22O6.C10H18O6.C9H16O6.C6H12O6/c1-6-7-19-14-13(18-4)12(17-3)11(16-2)10(20-14)8-21(5)9-15;2*1-6-7-18-13-12(17-5)11(16-4)10(15-3)9(19-13)8-14-2;1-5-6-17-12-11(16-4)10(15-3)9(14-2)8(7-13)18-12;1-3-4-15-10-9(13)8(12)7(11)6(16-10)5-14-2;1-2-3-14-9-8(13)7(12)6(11)5(4-10)15-9;7-1-2-3(8)4(9)5(10)6(11)12-2/h6,10-14H,1,5,7-8H2,2-4H3;2*6,9-13H,1,7-8H2,2-5H3;5,8-13H,1,6-7H2,2-4H3;3,6-13H,1,4-5H2,2H3;2,5-13H,1,3-4H2;2-11H,1H2/q-1;;;;;;. The number of hydrogen-bond donors (Lipinski definition) is 13. The van der Waals surface area contributed by atoms with Crippen molar-refractivity contribution in [1.29, 1.82) is 0 Å². The van der Waals surface area contributed by atoms with Gasteiger partial charge in [0, 0.05) is 107 Å². The van der Waals surface area contributed by atoms with Gasteiger partial charge >= 0.3 is 0 Å². The van der Waals surface area contributed by atoms with E-state index >= 15 is 0 Å². The first-order valence-electron chi connectivity index (χ1n) is 37.9. The zero-order chi connectivity index (χ0) is 90.7. The number of carbonyl (C=O) groups excluding carboxylic acids is 1. The Hall–Kier alpha value is -3.40. The largest absolute Gasteiger partial charge is 0.394 e. The molecule has 0 saturated carbocycles. The Bertz CT molecular complexity index is 2710. The van der Waals surface area contributed by atoms with E-state index in [2.05, 4.69) is 50.1 Å². The quantitative estimate of drug-likeness (QED) is 0.0154. The number of aliphatic hydroxyl groups excluding tert-OH is 13. The summed E-state index contributed by atoms with van der Waals surface area (Å²) in [4.78, 5) is 10.7. The average Bonchev–Trinajstić information content (AvgIpc) is 0.821. The van der Waals surface area contributed by atoms with E-state index < -0.39 is 165 Å². The van der Waals surface area contributed by atoms with Gasteiger partial charge in [-0.15, -0.1) is 39.5 Å². The van der Waals surface area contributed by atoms with E-state index in [1.165, 1.54) is 19.3 Å². The number of rotatable bonds is 41. The molecule has 43 heteroatoms. The summed E-state index contributed by atoms with van der Waals surface area (Å²) in [6, 6.07) is 0. The summed E-state index contributed by atoms with van der Waals surface area (Å²) in [5, 5.41) is 122. The second-order valence-electron chi connectivity index (χ2n) is 26.5. The molecule has 0 aromatic carbocycles. The van der Waals surface area contributed by atoms with Gasteiger partial charge in [0.05, 0.1) is 85.4 Å². The minimum atomic E-state index is -1.57. The van der Waals surface area contributed by atoms with Crippen LogP contribution < -0.4 is 0 Å². The summed E-state index contributed by atoms with van der Waals surface area (Å²) in [6.45, 7) is 22.8. The molecule has 13 N–H and O–H groups in total. The molecule has 7 rings (SSSR count). The highest BCUT2D eigenvalue weighted by atomic mass is 32.2. The molecule has 7 saturated heterocycles. The lowest BCUT2D eigenvalue weighted by Gasteiger charge is -2.45. The van der Waals surface area contributed by atoms with E-state index in [1.54, 1.807) is 124 Å². The van der Waals surface area contributed by atoms with Crippen LogP contribution in [0.4, 0.5) is 0 Å². The molecule has 0 aromatic rings. The van der Waals surface area contributed by atoms with E-state index in [0.717, 1.165) is 0 Å². The molecular weight excluding hydrogens is 1630 g/mol. The van der Waals surface area contributed by atoms with Crippen molar-refractivity contribution in [1.82, 2.24) is 0 Å². The SMILES string of the molecule is C=CCOC1OC(CO)C(O)C(O)C1O.C=CCOC1OC(CO)C(OC)C(OC)C1OC.C=CCOC1OC(COC)C(O)C(O)C1O.C=CCOC1OC(COC)C(OC)C(OC)C1OC.C=CCOC1OC(COC)C(OC)C(OC)C1OC.C=CCOC1OC(C[S-](=C)=C=O)C(OC)C(OC)C1OC.OCC1OC(O)C(O)C(O)C1O. The first kappa shape index (κ1) is 115. The van der Waals surface area contributed by atoms with Crippen molar-refractivity contribution in [2.24, 2.45) is 0 Å². The van der Waals surface area contributed by atoms with Crippen molar-refractivity contribution in [2.45, 2.75) is 215 Å². The van der Waals surface area contributed by atoms with Gasteiger partial charge in [0.15, 0.2) is 44.0 Å². The van der Waals surface area contributed by atoms with Crippen LogP contribution in [0.5, 0.6) is 0 Å². The van der Waals surface area contributed by atoms with Crippen molar-refractivity contribution >= 4 is 21.2 Å². The van der Waals surface area contributed by atoms with Crippen molar-refractivity contribution in [3.63, 3.8) is 0 Å². The topological polar surface area (TPSA) is 539 Å². The molecular formula is C77H139O42S-. The fraction of sp³-hybridized carbons (Fsp3) is 0.818. The lowest BCUT2D eigenvalue weighted by atomic mass is 9.98. The molecule has 0 amide bonds. The van der Waals surface area contributed by atoms with Gasteiger partial charge < -0.3 is 209 Å². The number of aliphatic hydroxyl groups is 13. The Labute approximate surface area is 704 Å². The highest BCUT2D eigenvalue weighted by Gasteiger charge is 2.53. The molecule has 0 radical (unpaired) electrons. The molecule has 120 heavy (non-hydrogen) atoms. The Morgan fingerprint density at radius 2 is 0.500 bits per heavy atom. The van der Waals surface area contributed by atoms with Crippen LogP contribution in [0.15, 0.2) is 75.9 Å². The third-order valence-electron chi connectivity index (χ3n) is 18.9. The fourth-order valence-corrected chi connectivity index (χ4v) is 13.7. The van der Waals surface area contributed by atoms with Gasteiger partial charge in [0.25, 0.3) is 0 Å². The van der Waals surface area contributed by atoms with Crippen molar-refractivity contribution in [3.8, 4) is 0 Å². The predicted molar refractivity (Wildman–Crippen MR) is 425 cm³/mol. The summed E-state index contributed by atoms with van der Waals surface area (Å²) < 4.78 is 151. The maximum Gasteiger partial charge on any atom is 0.187 e. The molecule has 35 unspecified atom stereocenters. The van der Waals surface area contributed by atoms with Crippen LogP contribution in [-0.2, 0) is 147 Å². The van der Waals surface area contributed by atoms with Crippen LogP contribution in [0, 0.1) is 0 Å². The Kier molecular flexibility index (Phi) is 62.3. The minimum absolute atomic E-state index is 0.110. The van der Waals surface area contributed by atoms with E-state index in [-0.39, 0.29) is 99.7 Å². The molecule has 0 bridgehead atoms. The molecule has 42 nitrogen and oxygen atoms in total. The summed E-state index contributed by atoms with van der Waals surface area (Å²) >= 11 is 0. The Balaban J connectivity index is 0.000000704. The molecule has 7 heterocycles. The summed E-state index contributed by atoms with van der Waals surface area (Å²) in [7, 11) is 22.9. The van der Waals surface area contributed by atoms with Crippen LogP contribution in [0.3, 0.4) is 0 Å². The molecule has 0 spiro atoms. The summed E-state index contributed by atoms with van der Waals surface area (Å²) in [5.41, 5.74) is 0. The van der Waals surface area contributed by atoms with Crippen LogP contribution in [0.1, 0.15) is 0 Å². The zero-order valence-electron chi connectivity index (χ0n) is 71.4. The van der Waals surface area contributed by atoms with Gasteiger partial charge in [0.1, 0.15) is 165 Å². The molecule has 7 aliphatic heterocycles. The van der Waals surface area contributed by atoms with Crippen LogP contribution >= 0.6 is 0 Å². The predicted octanol–water partition coefficient (Wildman–Crippen LogP) is -5.35. The maximum atomic E-state index is 10.7. The minimum Gasteiger partial charge on any atom is -0.394 e. The van der Waals surface area contributed by atoms with Gasteiger partial charge in [-0.3, -0.25) is 4.79 Å². The Morgan fingerprint density at radius 1 is 0.275 bits per heavy atom. The first-order valence-corrected chi connectivity index (χ1v) is 39.4. The van der Waals surface area contributed by atoms with Crippen LogP contribution in [0.25, 0.3) is 0 Å². The number of ether oxygens (including phenoxy) is 28. The van der Waals surface area contributed by atoms with E-state index in [1.807, 2.05) is 5.23 Å². The summed E-state index contributed by atoms with van der Waals surface area (Å²) in [5.74, 6) is 4.13. The van der Waals surface area contributed by atoms with Crippen molar-refractivity contribution in [2.75, 3.05) is 192 Å². The van der Waals surface area contributed by atoms with Gasteiger partial charge in [-0.05, 0) is 5.23 Å². The van der Waals surface area contributed by atoms with Gasteiger partial charge in [-0.25, -0.2) is 5.87 Å². The van der Waals surface area contributed by atoms with Crippen LogP contribution in [-0.4, -0.2) is 484 Å². The summed E-state index contributed by atoms with van der Waals surface area (Å²) in [6.07, 6.45) is -17.2. The zero-order valence-corrected chi connectivity index (χ0v) is 72.2. The third-order valence-corrected chi connectivity index (χ3v) is 19.9. The van der Waals surface area contributed by atoms with Gasteiger partial charge in [-0.2, -0.15) is 0 Å². The highest BCUT2D eigenvalue weighted by molar-refractivity contribution is 7.92. The van der Waals surface area contributed by atoms with E-state index in [0.29, 0.717) is 45.4 Å². The van der Waals surface area contributed by atoms with E-state index in [4.69, 9.17) is 159 Å². The highest BCUT2D eigenvalue weighted by Crippen LogP contribution is 2.33.